The molecule has 2 aromatic rings. The highest BCUT2D eigenvalue weighted by Gasteiger charge is 2.04. The van der Waals surface area contributed by atoms with Crippen molar-refractivity contribution in [2.75, 3.05) is 0 Å². The van der Waals surface area contributed by atoms with Gasteiger partial charge in [-0.25, -0.2) is 5.84 Å². The highest BCUT2D eigenvalue weighted by molar-refractivity contribution is 5.77. The average molecular weight is 286 g/mol. The number of hydrogen-bond acceptors (Lipinski definition) is 4. The van der Waals surface area contributed by atoms with E-state index in [9.17, 15) is 9.90 Å². The maximum atomic E-state index is 11.2. The summed E-state index contributed by atoms with van der Waals surface area (Å²) >= 11 is 0. The number of benzene rings is 2. The minimum Gasteiger partial charge on any atom is -0.489 e. The number of ether oxygens (including phenoxy) is 1. The lowest BCUT2D eigenvalue weighted by molar-refractivity contribution is -0.120. The second-order valence-corrected chi connectivity index (χ2v) is 4.62. The lowest BCUT2D eigenvalue weighted by Crippen LogP contribution is -2.31. The topological polar surface area (TPSA) is 84.6 Å². The van der Waals surface area contributed by atoms with E-state index in [1.807, 2.05) is 48.5 Å². The fraction of sp³-hybridized carbons (Fsp3) is 0.188. The summed E-state index contributed by atoms with van der Waals surface area (Å²) in [6.45, 7) is 0.351. The number of hydrazine groups is 1. The minimum absolute atomic E-state index is 0.0523. The van der Waals surface area contributed by atoms with Gasteiger partial charge in [-0.05, 0) is 17.2 Å². The van der Waals surface area contributed by atoms with E-state index >= 15 is 0 Å². The molecule has 5 nitrogen and oxygen atoms in total. The zero-order valence-electron chi connectivity index (χ0n) is 11.6. The van der Waals surface area contributed by atoms with Crippen molar-refractivity contribution < 1.29 is 14.6 Å². The molecular weight excluding hydrogens is 268 g/mol. The van der Waals surface area contributed by atoms with Gasteiger partial charge in [-0.15, -0.1) is 0 Å². The molecule has 1 amide bonds. The number of nitrogens with one attached hydrogen (secondary N) is 1. The first-order valence-electron chi connectivity index (χ1n) is 6.61. The zero-order valence-corrected chi connectivity index (χ0v) is 11.6. The normalized spacial score (nSPS) is 10.2. The Labute approximate surface area is 123 Å². The molecule has 0 aromatic heterocycles. The molecule has 0 heterocycles. The molecule has 0 bridgehead atoms. The standard InChI is InChI=1S/C16H18N2O3/c17-18-16(20)9-12-5-7-13(8-6-12)11-21-15-4-2-1-3-14(15)10-19/h1-8,19H,9-11,17H2,(H,18,20). The van der Waals surface area contributed by atoms with Gasteiger partial charge in [0.25, 0.3) is 0 Å². The number of hydrogen-bond donors (Lipinski definition) is 3. The molecule has 0 unspecified atom stereocenters. The lowest BCUT2D eigenvalue weighted by Gasteiger charge is -2.10. The van der Waals surface area contributed by atoms with Crippen LogP contribution in [-0.4, -0.2) is 11.0 Å². The second-order valence-electron chi connectivity index (χ2n) is 4.62. The Kier molecular flexibility index (Phi) is 5.31. The number of aliphatic hydroxyl groups is 1. The van der Waals surface area contributed by atoms with Crippen molar-refractivity contribution in [2.45, 2.75) is 19.6 Å². The first kappa shape index (κ1) is 15.0. The number of para-hydroxylation sites is 1. The number of carbonyl (C=O) groups is 1. The quantitative estimate of drug-likeness (QED) is 0.424. The maximum absolute atomic E-state index is 11.2. The van der Waals surface area contributed by atoms with E-state index in [-0.39, 0.29) is 18.9 Å². The molecule has 21 heavy (non-hydrogen) atoms. The van der Waals surface area contributed by atoms with Crippen LogP contribution in [0.4, 0.5) is 0 Å². The summed E-state index contributed by atoms with van der Waals surface area (Å²) in [5.74, 6) is 5.50. The van der Waals surface area contributed by atoms with Crippen molar-refractivity contribution >= 4 is 5.91 Å². The molecule has 0 aliphatic carbocycles. The van der Waals surface area contributed by atoms with Gasteiger partial charge in [0.2, 0.25) is 5.91 Å². The van der Waals surface area contributed by atoms with Gasteiger partial charge in [0.05, 0.1) is 13.0 Å². The van der Waals surface area contributed by atoms with Crippen LogP contribution in [-0.2, 0) is 24.4 Å². The summed E-state index contributed by atoms with van der Waals surface area (Å²) in [6, 6.07) is 14.9. The summed E-state index contributed by atoms with van der Waals surface area (Å²) in [5, 5.41) is 9.23. The maximum Gasteiger partial charge on any atom is 0.238 e. The largest absolute Gasteiger partial charge is 0.489 e. The van der Waals surface area contributed by atoms with Gasteiger partial charge in [0.1, 0.15) is 12.4 Å². The molecule has 0 saturated heterocycles. The summed E-state index contributed by atoms with van der Waals surface area (Å²) in [4.78, 5) is 11.2. The van der Waals surface area contributed by atoms with Crippen LogP contribution in [0.3, 0.4) is 0 Å². The number of aliphatic hydroxyl groups excluding tert-OH is 1. The number of amides is 1. The third kappa shape index (κ3) is 4.30. The van der Waals surface area contributed by atoms with Crippen molar-refractivity contribution in [1.29, 1.82) is 0 Å². The second kappa shape index (κ2) is 7.42. The van der Waals surface area contributed by atoms with E-state index in [2.05, 4.69) is 5.43 Å². The molecule has 2 aromatic carbocycles. The smallest absolute Gasteiger partial charge is 0.238 e. The Morgan fingerprint density at radius 3 is 2.43 bits per heavy atom. The molecule has 5 heteroatoms. The molecule has 2 rings (SSSR count). The highest BCUT2D eigenvalue weighted by Crippen LogP contribution is 2.19. The fourth-order valence-electron chi connectivity index (χ4n) is 1.93. The SMILES string of the molecule is NNC(=O)Cc1ccc(COc2ccccc2CO)cc1. The Morgan fingerprint density at radius 1 is 1.10 bits per heavy atom. The predicted molar refractivity (Wildman–Crippen MR) is 79.2 cm³/mol. The van der Waals surface area contributed by atoms with Gasteiger partial charge >= 0.3 is 0 Å². The van der Waals surface area contributed by atoms with Gasteiger partial charge in [-0.2, -0.15) is 0 Å². The van der Waals surface area contributed by atoms with Crippen molar-refractivity contribution in [3.63, 3.8) is 0 Å². The predicted octanol–water partition coefficient (Wildman–Crippen LogP) is 1.29. The first-order chi connectivity index (χ1) is 10.2. The van der Waals surface area contributed by atoms with Gasteiger partial charge in [0.15, 0.2) is 0 Å². The molecule has 110 valence electrons. The van der Waals surface area contributed by atoms with Crippen molar-refractivity contribution in [2.24, 2.45) is 5.84 Å². The van der Waals surface area contributed by atoms with Gasteiger partial charge in [-0.1, -0.05) is 42.5 Å². The van der Waals surface area contributed by atoms with E-state index < -0.39 is 0 Å². The molecule has 4 N–H and O–H groups in total. The van der Waals surface area contributed by atoms with Crippen LogP contribution in [0.15, 0.2) is 48.5 Å². The molecule has 0 atom stereocenters. The summed E-state index contributed by atoms with van der Waals surface area (Å²) in [6.07, 6.45) is 0.255. The van der Waals surface area contributed by atoms with Gasteiger partial charge in [-0.3, -0.25) is 10.2 Å². The van der Waals surface area contributed by atoms with Crippen molar-refractivity contribution in [1.82, 2.24) is 5.43 Å². The van der Waals surface area contributed by atoms with Crippen LogP contribution in [0.1, 0.15) is 16.7 Å². The number of nitrogens with two attached hydrogens (primary N) is 1. The molecule has 0 spiro atoms. The Balaban J connectivity index is 1.96. The minimum atomic E-state index is -0.226. The first-order valence-corrected chi connectivity index (χ1v) is 6.61. The molecule has 0 radical (unpaired) electrons. The Morgan fingerprint density at radius 2 is 1.76 bits per heavy atom. The fourth-order valence-corrected chi connectivity index (χ4v) is 1.93. The Hall–Kier alpha value is -2.37. The van der Waals surface area contributed by atoms with E-state index in [4.69, 9.17) is 10.6 Å². The van der Waals surface area contributed by atoms with Crippen molar-refractivity contribution in [3.8, 4) is 5.75 Å². The van der Waals surface area contributed by atoms with Crippen LogP contribution in [0.25, 0.3) is 0 Å². The average Bonchev–Trinajstić information content (AvgIpc) is 2.54. The molecular formula is C16H18N2O3. The number of rotatable bonds is 6. The molecule has 0 aliphatic rings. The van der Waals surface area contributed by atoms with Crippen LogP contribution in [0.5, 0.6) is 5.75 Å². The van der Waals surface area contributed by atoms with Gasteiger partial charge < -0.3 is 9.84 Å². The van der Waals surface area contributed by atoms with Crippen molar-refractivity contribution in [3.05, 3.63) is 65.2 Å². The number of carbonyl (C=O) groups excluding carboxylic acids is 1. The molecule has 0 saturated carbocycles. The highest BCUT2D eigenvalue weighted by atomic mass is 16.5. The summed E-state index contributed by atoms with van der Waals surface area (Å²) in [5.41, 5.74) is 4.73. The van der Waals surface area contributed by atoms with E-state index in [0.717, 1.165) is 16.7 Å². The van der Waals surface area contributed by atoms with Crippen LogP contribution < -0.4 is 16.0 Å². The van der Waals surface area contributed by atoms with E-state index in [0.29, 0.717) is 12.4 Å². The van der Waals surface area contributed by atoms with Crippen LogP contribution in [0, 0.1) is 0 Å². The zero-order chi connectivity index (χ0) is 15.1. The summed E-state index contributed by atoms with van der Waals surface area (Å²) in [7, 11) is 0. The lowest BCUT2D eigenvalue weighted by atomic mass is 10.1. The third-order valence-electron chi connectivity index (χ3n) is 3.09. The Bertz CT molecular complexity index is 597. The monoisotopic (exact) mass is 286 g/mol. The van der Waals surface area contributed by atoms with E-state index in [1.54, 1.807) is 0 Å². The van der Waals surface area contributed by atoms with Gasteiger partial charge in [0, 0.05) is 5.56 Å². The molecule has 0 fully saturated rings. The third-order valence-corrected chi connectivity index (χ3v) is 3.09. The van der Waals surface area contributed by atoms with Crippen LogP contribution in [0.2, 0.25) is 0 Å². The summed E-state index contributed by atoms with van der Waals surface area (Å²) < 4.78 is 5.70. The molecule has 0 aliphatic heterocycles. The van der Waals surface area contributed by atoms with E-state index in [1.165, 1.54) is 0 Å². The van der Waals surface area contributed by atoms with Crippen LogP contribution >= 0.6 is 0 Å².